The lowest BCUT2D eigenvalue weighted by molar-refractivity contribution is 0.135. The third-order valence-electron chi connectivity index (χ3n) is 4.80. The Labute approximate surface area is 200 Å². The van der Waals surface area contributed by atoms with Crippen LogP contribution in [0.25, 0.3) is 0 Å². The van der Waals surface area contributed by atoms with Crippen molar-refractivity contribution < 1.29 is 17.4 Å². The molecule has 16 nitrogen and oxygen atoms in total. The summed E-state index contributed by atoms with van der Waals surface area (Å²) in [4.78, 5) is 23.5. The molecule has 190 valence electrons. The molecular formula is C16H34N12O4Si2. The highest BCUT2D eigenvalue weighted by molar-refractivity contribution is 6.77. The fraction of sp³-hybridized carbons (Fsp3) is 0.625. The van der Waals surface area contributed by atoms with Gasteiger partial charge in [-0.2, -0.15) is 29.9 Å². The van der Waals surface area contributed by atoms with Gasteiger partial charge in [0, 0.05) is 40.5 Å². The molecule has 0 aliphatic carbocycles. The number of nitrogens with one attached hydrogen (secondary N) is 2. The summed E-state index contributed by atoms with van der Waals surface area (Å²) in [6, 6.07) is 1.23. The van der Waals surface area contributed by atoms with E-state index in [1.807, 2.05) is 6.55 Å². The highest BCUT2D eigenvalue weighted by Crippen LogP contribution is 2.25. The highest BCUT2D eigenvalue weighted by atomic mass is 28.5. The van der Waals surface area contributed by atoms with Crippen LogP contribution in [0.4, 0.5) is 35.7 Å². The number of hydrogen-bond donors (Lipinski definition) is 6. The second-order valence-electron chi connectivity index (χ2n) is 7.34. The minimum atomic E-state index is -2.99. The number of nitrogens with zero attached hydrogens (tertiary/aromatic N) is 6. The Bertz CT molecular complexity index is 885. The molecule has 0 radical (unpaired) electrons. The van der Waals surface area contributed by atoms with Crippen LogP contribution in [0, 0.1) is 0 Å². The van der Waals surface area contributed by atoms with Crippen molar-refractivity contribution in [3.8, 4) is 0 Å². The van der Waals surface area contributed by atoms with Gasteiger partial charge in [0.15, 0.2) is 0 Å². The van der Waals surface area contributed by atoms with Gasteiger partial charge in [0.25, 0.3) is 0 Å². The first kappa shape index (κ1) is 27.3. The Kier molecular flexibility index (Phi) is 10.1. The van der Waals surface area contributed by atoms with Crippen molar-refractivity contribution in [2.75, 3.05) is 68.0 Å². The van der Waals surface area contributed by atoms with E-state index in [9.17, 15) is 0 Å². The summed E-state index contributed by atoms with van der Waals surface area (Å²) in [5, 5.41) is 6.13. The number of anilines is 6. The summed E-state index contributed by atoms with van der Waals surface area (Å²) in [5.41, 5.74) is 22.3. The first-order valence-electron chi connectivity index (χ1n) is 10.5. The Morgan fingerprint density at radius 2 is 1.06 bits per heavy atom. The molecule has 0 saturated carbocycles. The lowest BCUT2D eigenvalue weighted by Crippen LogP contribution is -2.54. The van der Waals surface area contributed by atoms with Gasteiger partial charge < -0.3 is 51.0 Å². The summed E-state index contributed by atoms with van der Waals surface area (Å²) in [5.74, 6) is 0.839. The predicted molar refractivity (Wildman–Crippen MR) is 133 cm³/mol. The van der Waals surface area contributed by atoms with Crippen molar-refractivity contribution in [3.05, 3.63) is 0 Å². The minimum Gasteiger partial charge on any atom is -0.398 e. The van der Waals surface area contributed by atoms with E-state index in [4.69, 9.17) is 40.3 Å². The van der Waals surface area contributed by atoms with Gasteiger partial charge in [0.1, 0.15) is 0 Å². The van der Waals surface area contributed by atoms with Gasteiger partial charge in [-0.05, 0) is 25.4 Å². The Balaban J connectivity index is 1.87. The average Bonchev–Trinajstić information content (AvgIpc) is 2.78. The smallest absolute Gasteiger partial charge is 0.398 e. The van der Waals surface area contributed by atoms with E-state index in [1.165, 1.54) is 0 Å². The van der Waals surface area contributed by atoms with E-state index >= 15 is 0 Å². The van der Waals surface area contributed by atoms with Crippen LogP contribution in [0.5, 0.6) is 0 Å². The van der Waals surface area contributed by atoms with Crippen LogP contribution in [0.2, 0.25) is 18.6 Å². The Hall–Kier alpha value is -2.91. The number of hydrogen-bond acceptors (Lipinski definition) is 16. The molecule has 1 atom stereocenters. The maximum Gasteiger partial charge on any atom is 0.491 e. The molecule has 0 bridgehead atoms. The summed E-state index contributed by atoms with van der Waals surface area (Å²) in [6.07, 6.45) is 1.39. The fourth-order valence-corrected chi connectivity index (χ4v) is 9.69. The molecule has 2 rings (SSSR count). The van der Waals surface area contributed by atoms with E-state index in [2.05, 4.69) is 40.5 Å². The summed E-state index contributed by atoms with van der Waals surface area (Å²) < 4.78 is 23.7. The van der Waals surface area contributed by atoms with Crippen molar-refractivity contribution in [2.45, 2.75) is 31.5 Å². The molecule has 0 aliphatic rings. The molecular weight excluding hydrogens is 480 g/mol. The van der Waals surface area contributed by atoms with Crippen molar-refractivity contribution >= 4 is 53.1 Å². The largest absolute Gasteiger partial charge is 0.491 e. The third-order valence-corrected chi connectivity index (χ3v) is 12.1. The number of nitrogen functional groups attached to an aromatic ring is 4. The van der Waals surface area contributed by atoms with E-state index in [0.29, 0.717) is 43.5 Å². The molecule has 2 aromatic rings. The SMILES string of the molecule is CO[Si](C)(CCCNc1nc(N)nc(N)n1)O[Si](CCCNc1nc(N)nc(N)n1)(OC)OC. The summed E-state index contributed by atoms with van der Waals surface area (Å²) in [6.45, 7) is 3.07. The van der Waals surface area contributed by atoms with Crippen LogP contribution in [0.3, 0.4) is 0 Å². The predicted octanol–water partition coefficient (Wildman–Crippen LogP) is -0.344. The van der Waals surface area contributed by atoms with Gasteiger partial charge in [-0.15, -0.1) is 0 Å². The lowest BCUT2D eigenvalue weighted by atomic mass is 10.5. The molecule has 0 spiro atoms. The molecule has 0 amide bonds. The van der Waals surface area contributed by atoms with Crippen molar-refractivity contribution in [1.82, 2.24) is 29.9 Å². The normalized spacial score (nSPS) is 13.4. The second-order valence-corrected chi connectivity index (χ2v) is 14.0. The molecule has 0 aromatic carbocycles. The van der Waals surface area contributed by atoms with Gasteiger partial charge in [0.2, 0.25) is 35.7 Å². The summed E-state index contributed by atoms with van der Waals surface area (Å²) >= 11 is 0. The van der Waals surface area contributed by atoms with Crippen LogP contribution in [-0.2, 0) is 17.4 Å². The van der Waals surface area contributed by atoms with Crippen LogP contribution in [0.15, 0.2) is 0 Å². The Morgan fingerprint density at radius 3 is 1.44 bits per heavy atom. The maximum absolute atomic E-state index is 6.45. The van der Waals surface area contributed by atoms with Crippen LogP contribution < -0.4 is 33.6 Å². The zero-order valence-corrected chi connectivity index (χ0v) is 21.9. The molecule has 1 unspecified atom stereocenters. The lowest BCUT2D eigenvalue weighted by Gasteiger charge is -2.35. The molecule has 0 aliphatic heterocycles. The fourth-order valence-electron chi connectivity index (χ4n) is 3.04. The number of rotatable bonds is 15. The van der Waals surface area contributed by atoms with Crippen molar-refractivity contribution in [1.29, 1.82) is 0 Å². The van der Waals surface area contributed by atoms with E-state index in [1.54, 1.807) is 21.3 Å². The molecule has 10 N–H and O–H groups in total. The zero-order valence-electron chi connectivity index (χ0n) is 19.9. The topological polar surface area (TPSA) is 242 Å². The molecule has 2 aromatic heterocycles. The zero-order chi connectivity index (χ0) is 25.2. The van der Waals surface area contributed by atoms with Gasteiger partial charge in [-0.3, -0.25) is 0 Å². The van der Waals surface area contributed by atoms with Crippen molar-refractivity contribution in [3.63, 3.8) is 0 Å². The van der Waals surface area contributed by atoms with Gasteiger partial charge in [-0.1, -0.05) is 0 Å². The quantitative estimate of drug-likeness (QED) is 0.131. The highest BCUT2D eigenvalue weighted by Gasteiger charge is 2.47. The average molecular weight is 515 g/mol. The standard InChI is InChI=1S/C16H34N12O4Si2/c1-29-33(4,9-5-7-21-15-25-11(17)23-12(18)26-15)32-34(30-2,31-3)10-6-8-22-16-27-13(19)24-14(20)28-16/h5-10H2,1-4H3,(H5,17,18,21,23,25,26)(H5,19,20,22,24,27,28). The van der Waals surface area contributed by atoms with Gasteiger partial charge in [0.05, 0.1) is 0 Å². The number of aromatic nitrogens is 6. The van der Waals surface area contributed by atoms with E-state index in [0.717, 1.165) is 6.42 Å². The molecule has 0 saturated heterocycles. The third kappa shape index (κ3) is 8.46. The molecule has 2 heterocycles. The van der Waals surface area contributed by atoms with Crippen molar-refractivity contribution in [2.24, 2.45) is 0 Å². The minimum absolute atomic E-state index is 0.0506. The van der Waals surface area contributed by atoms with E-state index in [-0.39, 0.29) is 23.8 Å². The number of nitrogens with two attached hydrogens (primary N) is 4. The molecule has 0 fully saturated rings. The van der Waals surface area contributed by atoms with Gasteiger partial charge in [-0.25, -0.2) is 0 Å². The van der Waals surface area contributed by atoms with Crippen LogP contribution >= 0.6 is 0 Å². The molecule has 18 heteroatoms. The van der Waals surface area contributed by atoms with Crippen LogP contribution in [0.1, 0.15) is 12.8 Å². The first-order valence-corrected chi connectivity index (χ1v) is 15.0. The van der Waals surface area contributed by atoms with Gasteiger partial charge >= 0.3 is 17.4 Å². The monoisotopic (exact) mass is 514 g/mol. The first-order chi connectivity index (χ1) is 16.1. The summed E-state index contributed by atoms with van der Waals surface area (Å²) in [7, 11) is -0.812. The Morgan fingerprint density at radius 1 is 0.647 bits per heavy atom. The molecule has 34 heavy (non-hydrogen) atoms. The second kappa shape index (κ2) is 12.5. The van der Waals surface area contributed by atoms with E-state index < -0.39 is 17.4 Å². The maximum atomic E-state index is 6.45. The van der Waals surface area contributed by atoms with Crippen LogP contribution in [-0.4, -0.2) is 81.7 Å².